The first-order chi connectivity index (χ1) is 9.51. The second kappa shape index (κ2) is 5.88. The maximum Gasteiger partial charge on any atom is 0.328 e. The van der Waals surface area contributed by atoms with E-state index in [0.717, 1.165) is 15.8 Å². The van der Waals surface area contributed by atoms with E-state index in [9.17, 15) is 9.18 Å². The van der Waals surface area contributed by atoms with E-state index in [4.69, 9.17) is 9.84 Å². The number of hydrogen-bond donors (Lipinski definition) is 1. The molecule has 3 nitrogen and oxygen atoms in total. The monoisotopic (exact) mass is 292 g/mol. The molecule has 0 aliphatic heterocycles. The Hall–Kier alpha value is -2.14. The van der Waals surface area contributed by atoms with Crippen LogP contribution in [0.5, 0.6) is 5.75 Å². The van der Waals surface area contributed by atoms with Gasteiger partial charge in [0, 0.05) is 27.5 Å². The molecule has 0 saturated carbocycles. The quantitative estimate of drug-likeness (QED) is 0.865. The van der Waals surface area contributed by atoms with Crippen molar-refractivity contribution >= 4 is 22.9 Å². The predicted octanol–water partition coefficient (Wildman–Crippen LogP) is 4.05. The summed E-state index contributed by atoms with van der Waals surface area (Å²) in [5.41, 5.74) is 1.12. The highest BCUT2D eigenvalue weighted by molar-refractivity contribution is 7.16. The minimum absolute atomic E-state index is 0.363. The summed E-state index contributed by atoms with van der Waals surface area (Å²) in [4.78, 5) is 12.2. The lowest BCUT2D eigenvalue weighted by Crippen LogP contribution is -1.88. The number of thiophene rings is 1. The van der Waals surface area contributed by atoms with E-state index in [1.807, 2.05) is 0 Å². The van der Waals surface area contributed by atoms with Crippen molar-refractivity contribution in [1.29, 1.82) is 0 Å². The fourth-order valence-electron chi connectivity index (χ4n) is 1.77. The van der Waals surface area contributed by atoms with Gasteiger partial charge in [-0.05, 0) is 36.8 Å². The lowest BCUT2D eigenvalue weighted by Gasteiger charge is -2.03. The highest BCUT2D eigenvalue weighted by Crippen LogP contribution is 2.34. The van der Waals surface area contributed by atoms with Gasteiger partial charge in [-0.2, -0.15) is 0 Å². The van der Waals surface area contributed by atoms with Crippen molar-refractivity contribution in [2.24, 2.45) is 0 Å². The van der Waals surface area contributed by atoms with Gasteiger partial charge in [-0.3, -0.25) is 0 Å². The molecule has 2 rings (SSSR count). The van der Waals surface area contributed by atoms with Crippen LogP contribution in [0.2, 0.25) is 0 Å². The number of halogens is 1. The molecule has 1 aromatic carbocycles. The fourth-order valence-corrected chi connectivity index (χ4v) is 2.78. The van der Waals surface area contributed by atoms with Crippen molar-refractivity contribution < 1.29 is 19.0 Å². The van der Waals surface area contributed by atoms with Gasteiger partial charge in [0.2, 0.25) is 0 Å². The maximum atomic E-state index is 14.0. The van der Waals surface area contributed by atoms with Gasteiger partial charge in [-0.25, -0.2) is 9.18 Å². The number of carboxylic acid groups (broad SMARTS) is 1. The van der Waals surface area contributed by atoms with Crippen molar-refractivity contribution in [2.45, 2.75) is 6.92 Å². The maximum absolute atomic E-state index is 14.0. The number of hydrogen-bond acceptors (Lipinski definition) is 3. The summed E-state index contributed by atoms with van der Waals surface area (Å²) in [7, 11) is 1.48. The number of carbonyl (C=O) groups is 1. The van der Waals surface area contributed by atoms with Gasteiger partial charge >= 0.3 is 5.97 Å². The third-order valence-corrected chi connectivity index (χ3v) is 4.03. The van der Waals surface area contributed by atoms with Gasteiger partial charge < -0.3 is 9.84 Å². The van der Waals surface area contributed by atoms with E-state index in [1.165, 1.54) is 24.5 Å². The minimum atomic E-state index is -0.993. The van der Waals surface area contributed by atoms with Crippen molar-refractivity contribution in [1.82, 2.24) is 0 Å². The first-order valence-electron chi connectivity index (χ1n) is 5.86. The molecule has 0 bridgehead atoms. The van der Waals surface area contributed by atoms with Crippen LogP contribution in [0.25, 0.3) is 16.0 Å². The fraction of sp³-hybridized carbons (Fsp3) is 0.133. The minimum Gasteiger partial charge on any atom is -0.497 e. The zero-order valence-corrected chi connectivity index (χ0v) is 11.8. The molecule has 0 aliphatic carbocycles. The molecule has 20 heavy (non-hydrogen) atoms. The number of benzene rings is 1. The zero-order valence-electron chi connectivity index (χ0n) is 11.0. The molecule has 1 aromatic heterocycles. The molecule has 2 aromatic rings. The lowest BCUT2D eigenvalue weighted by atomic mass is 10.1. The Kier molecular flexibility index (Phi) is 4.20. The van der Waals surface area contributed by atoms with Crippen LogP contribution in [0, 0.1) is 5.82 Å². The van der Waals surface area contributed by atoms with Crippen LogP contribution in [-0.4, -0.2) is 18.2 Å². The summed E-state index contributed by atoms with van der Waals surface area (Å²) >= 11 is 1.35. The molecule has 0 fully saturated rings. The molecule has 0 spiro atoms. The first kappa shape index (κ1) is 14.3. The predicted molar refractivity (Wildman–Crippen MR) is 77.6 cm³/mol. The molecule has 104 valence electrons. The molecule has 1 heterocycles. The van der Waals surface area contributed by atoms with Crippen LogP contribution in [0.4, 0.5) is 4.39 Å². The standard InChI is InChI=1S/C15H13FO3S/c1-9(7-15(17)18)13-5-6-14(20-13)11-4-3-10(19-2)8-12(11)16/h3-8H,1-2H3,(H,17,18)/b9-7+. The van der Waals surface area contributed by atoms with Crippen molar-refractivity contribution in [3.8, 4) is 16.2 Å². The molecular formula is C15H13FO3S. The molecule has 1 N–H and O–H groups in total. The zero-order chi connectivity index (χ0) is 14.7. The normalized spacial score (nSPS) is 11.4. The number of aliphatic carboxylic acids is 1. The summed E-state index contributed by atoms with van der Waals surface area (Å²) < 4.78 is 18.9. The third kappa shape index (κ3) is 3.05. The van der Waals surface area contributed by atoms with E-state index >= 15 is 0 Å². The van der Waals surface area contributed by atoms with E-state index in [0.29, 0.717) is 16.9 Å². The number of carboxylic acids is 1. The Morgan fingerprint density at radius 3 is 2.70 bits per heavy atom. The van der Waals surface area contributed by atoms with Crippen molar-refractivity contribution in [3.63, 3.8) is 0 Å². The summed E-state index contributed by atoms with van der Waals surface area (Å²) in [6.07, 6.45) is 1.14. The van der Waals surface area contributed by atoms with E-state index in [2.05, 4.69) is 0 Å². The van der Waals surface area contributed by atoms with Crippen molar-refractivity contribution in [3.05, 3.63) is 47.1 Å². The number of ether oxygens (including phenoxy) is 1. The third-order valence-electron chi connectivity index (χ3n) is 2.78. The Bertz CT molecular complexity index is 674. The van der Waals surface area contributed by atoms with Gasteiger partial charge in [0.05, 0.1) is 7.11 Å². The smallest absolute Gasteiger partial charge is 0.328 e. The van der Waals surface area contributed by atoms with Gasteiger partial charge in [0.25, 0.3) is 0 Å². The van der Waals surface area contributed by atoms with Crippen LogP contribution in [0.15, 0.2) is 36.4 Å². The van der Waals surface area contributed by atoms with E-state index in [1.54, 1.807) is 31.2 Å². The van der Waals surface area contributed by atoms with E-state index < -0.39 is 5.97 Å². The topological polar surface area (TPSA) is 46.5 Å². The first-order valence-corrected chi connectivity index (χ1v) is 6.68. The summed E-state index contributed by atoms with van der Waals surface area (Å²) in [5.74, 6) is -0.893. The Labute approximate surface area is 119 Å². The Morgan fingerprint density at radius 2 is 2.10 bits per heavy atom. The average molecular weight is 292 g/mol. The average Bonchev–Trinajstić information content (AvgIpc) is 2.87. The molecule has 0 amide bonds. The lowest BCUT2D eigenvalue weighted by molar-refractivity contribution is -0.131. The van der Waals surface area contributed by atoms with Crippen LogP contribution in [0.3, 0.4) is 0 Å². The van der Waals surface area contributed by atoms with E-state index in [-0.39, 0.29) is 5.82 Å². The van der Waals surface area contributed by atoms with Crippen LogP contribution < -0.4 is 4.74 Å². The van der Waals surface area contributed by atoms with Gasteiger partial charge in [-0.1, -0.05) is 0 Å². The summed E-state index contributed by atoms with van der Waals surface area (Å²) in [5, 5.41) is 8.73. The SMILES string of the molecule is COc1ccc(-c2ccc(/C(C)=C/C(=O)O)s2)c(F)c1. The van der Waals surface area contributed by atoms with Crippen molar-refractivity contribution in [2.75, 3.05) is 7.11 Å². The van der Waals surface area contributed by atoms with Gasteiger partial charge in [0.15, 0.2) is 0 Å². The van der Waals surface area contributed by atoms with Crippen LogP contribution >= 0.6 is 11.3 Å². The van der Waals surface area contributed by atoms with Gasteiger partial charge in [-0.15, -0.1) is 11.3 Å². The molecule has 5 heteroatoms. The summed E-state index contributed by atoms with van der Waals surface area (Å²) in [6.45, 7) is 1.72. The number of allylic oxidation sites excluding steroid dienone is 1. The molecule has 0 saturated heterocycles. The second-order valence-electron chi connectivity index (χ2n) is 4.18. The second-order valence-corrected chi connectivity index (χ2v) is 5.26. The number of rotatable bonds is 4. The Balaban J connectivity index is 2.36. The molecule has 0 atom stereocenters. The molecule has 0 radical (unpaired) electrons. The van der Waals surface area contributed by atoms with Gasteiger partial charge in [0.1, 0.15) is 11.6 Å². The van der Waals surface area contributed by atoms with Crippen LogP contribution in [-0.2, 0) is 4.79 Å². The molecule has 0 aliphatic rings. The number of methoxy groups -OCH3 is 1. The highest BCUT2D eigenvalue weighted by Gasteiger charge is 2.10. The molecular weight excluding hydrogens is 279 g/mol. The summed E-state index contributed by atoms with van der Waals surface area (Å²) in [6, 6.07) is 8.25. The Morgan fingerprint density at radius 1 is 1.35 bits per heavy atom. The highest BCUT2D eigenvalue weighted by atomic mass is 32.1. The van der Waals surface area contributed by atoms with Crippen LogP contribution in [0.1, 0.15) is 11.8 Å². The largest absolute Gasteiger partial charge is 0.497 e. The molecule has 0 unspecified atom stereocenters.